The van der Waals surface area contributed by atoms with Gasteiger partial charge < -0.3 is 5.11 Å². The van der Waals surface area contributed by atoms with Crippen LogP contribution in [0.25, 0.3) is 0 Å². The van der Waals surface area contributed by atoms with Crippen molar-refractivity contribution in [2.24, 2.45) is 0 Å². The summed E-state index contributed by atoms with van der Waals surface area (Å²) in [6.45, 7) is 0.796. The molecule has 6 heteroatoms. The van der Waals surface area contributed by atoms with Crippen LogP contribution in [-0.2, 0) is 17.8 Å². The predicted octanol–water partition coefficient (Wildman–Crippen LogP) is 2.18. The zero-order chi connectivity index (χ0) is 13.9. The summed E-state index contributed by atoms with van der Waals surface area (Å²) >= 11 is 1.88. The number of nitrogens with zero attached hydrogens (tertiary/aromatic N) is 3. The summed E-state index contributed by atoms with van der Waals surface area (Å²) in [5, 5.41) is 16.8. The smallest absolute Gasteiger partial charge is 0.303 e. The molecular formula is C14H15N3O2S. The van der Waals surface area contributed by atoms with E-state index in [-0.39, 0.29) is 6.42 Å². The van der Waals surface area contributed by atoms with Gasteiger partial charge in [0.15, 0.2) is 0 Å². The lowest BCUT2D eigenvalue weighted by molar-refractivity contribution is -0.136. The number of aryl methyl sites for hydroxylation is 1. The maximum atomic E-state index is 10.5. The highest BCUT2D eigenvalue weighted by molar-refractivity contribution is 7.99. The van der Waals surface area contributed by atoms with Gasteiger partial charge in [0.25, 0.3) is 0 Å². The highest BCUT2D eigenvalue weighted by atomic mass is 32.2. The van der Waals surface area contributed by atoms with Gasteiger partial charge in [-0.05, 0) is 11.6 Å². The van der Waals surface area contributed by atoms with Crippen LogP contribution < -0.4 is 0 Å². The molecule has 0 spiro atoms. The van der Waals surface area contributed by atoms with Gasteiger partial charge in [-0.2, -0.15) is 0 Å². The van der Waals surface area contributed by atoms with E-state index < -0.39 is 5.97 Å². The summed E-state index contributed by atoms with van der Waals surface area (Å²) in [5.41, 5.74) is 2.12. The van der Waals surface area contributed by atoms with E-state index in [0.717, 1.165) is 18.0 Å². The van der Waals surface area contributed by atoms with Crippen LogP contribution in [0.3, 0.4) is 0 Å². The fourth-order valence-electron chi connectivity index (χ4n) is 2.38. The molecule has 0 bridgehead atoms. The van der Waals surface area contributed by atoms with Crippen LogP contribution in [-0.4, -0.2) is 31.8 Å². The molecule has 1 aromatic heterocycles. The van der Waals surface area contributed by atoms with Gasteiger partial charge in [-0.1, -0.05) is 23.4 Å². The molecule has 2 aromatic rings. The number of benzene rings is 1. The number of aromatic nitrogens is 3. The van der Waals surface area contributed by atoms with Crippen molar-refractivity contribution in [1.82, 2.24) is 15.0 Å². The first-order valence-electron chi connectivity index (χ1n) is 6.55. The lowest BCUT2D eigenvalue weighted by Gasteiger charge is -2.09. The van der Waals surface area contributed by atoms with E-state index in [1.807, 2.05) is 22.6 Å². The topological polar surface area (TPSA) is 68.0 Å². The van der Waals surface area contributed by atoms with E-state index in [0.29, 0.717) is 12.3 Å². The minimum absolute atomic E-state index is 0.0980. The van der Waals surface area contributed by atoms with Crippen LogP contribution in [0.2, 0.25) is 0 Å². The minimum Gasteiger partial charge on any atom is -0.481 e. The molecule has 1 atom stereocenters. The summed E-state index contributed by atoms with van der Waals surface area (Å²) in [6, 6.07) is 8.45. The lowest BCUT2D eigenvalue weighted by atomic mass is 10.0. The molecule has 0 aliphatic carbocycles. The molecule has 5 nitrogen and oxygen atoms in total. The Kier molecular flexibility index (Phi) is 3.73. The number of carbonyl (C=O) groups is 1. The standard InChI is InChI=1S/C14H15N3O2S/c18-14(19)6-5-11-8-17(16-15-11)7-10-9-20-13-4-2-1-3-12(10)13/h1-4,8,10H,5-7,9H2,(H,18,19). The Morgan fingerprint density at radius 1 is 1.45 bits per heavy atom. The Labute approximate surface area is 121 Å². The van der Waals surface area contributed by atoms with Crippen LogP contribution >= 0.6 is 11.8 Å². The normalized spacial score (nSPS) is 17.1. The third-order valence-electron chi connectivity index (χ3n) is 3.39. The zero-order valence-electron chi connectivity index (χ0n) is 10.9. The molecule has 3 rings (SSSR count). The largest absolute Gasteiger partial charge is 0.481 e. The number of carboxylic acid groups (broad SMARTS) is 1. The summed E-state index contributed by atoms with van der Waals surface area (Å²) in [7, 11) is 0. The second kappa shape index (κ2) is 5.66. The summed E-state index contributed by atoms with van der Waals surface area (Å²) in [4.78, 5) is 11.9. The Bertz CT molecular complexity index is 626. The van der Waals surface area contributed by atoms with Gasteiger partial charge in [-0.25, -0.2) is 0 Å². The maximum absolute atomic E-state index is 10.5. The number of hydrogen-bond acceptors (Lipinski definition) is 4. The fourth-order valence-corrected chi connectivity index (χ4v) is 3.63. The summed E-state index contributed by atoms with van der Waals surface area (Å²) < 4.78 is 1.82. The lowest BCUT2D eigenvalue weighted by Crippen LogP contribution is -2.09. The van der Waals surface area contributed by atoms with E-state index in [9.17, 15) is 4.79 Å². The Balaban J connectivity index is 1.66. The zero-order valence-corrected chi connectivity index (χ0v) is 11.7. The van der Waals surface area contributed by atoms with Gasteiger partial charge in [-0.3, -0.25) is 9.48 Å². The molecule has 2 heterocycles. The number of hydrogen-bond donors (Lipinski definition) is 1. The van der Waals surface area contributed by atoms with Crippen molar-refractivity contribution in [3.8, 4) is 0 Å². The van der Waals surface area contributed by atoms with Gasteiger partial charge in [0.1, 0.15) is 0 Å². The average Bonchev–Trinajstić information content (AvgIpc) is 3.05. The molecular weight excluding hydrogens is 274 g/mol. The van der Waals surface area contributed by atoms with Crippen molar-refractivity contribution in [3.05, 3.63) is 41.7 Å². The first kappa shape index (κ1) is 13.2. The van der Waals surface area contributed by atoms with Crippen molar-refractivity contribution in [1.29, 1.82) is 0 Å². The monoisotopic (exact) mass is 289 g/mol. The molecule has 0 fully saturated rings. The fraction of sp³-hybridized carbons (Fsp3) is 0.357. The molecule has 1 unspecified atom stereocenters. The molecule has 0 saturated carbocycles. The maximum Gasteiger partial charge on any atom is 0.303 e. The van der Waals surface area contributed by atoms with E-state index in [1.165, 1.54) is 10.5 Å². The second-order valence-electron chi connectivity index (χ2n) is 4.87. The van der Waals surface area contributed by atoms with Crippen molar-refractivity contribution in [3.63, 3.8) is 0 Å². The first-order valence-corrected chi connectivity index (χ1v) is 7.53. The van der Waals surface area contributed by atoms with Gasteiger partial charge in [0.05, 0.1) is 18.7 Å². The van der Waals surface area contributed by atoms with E-state index in [1.54, 1.807) is 0 Å². The number of aliphatic carboxylic acids is 1. The van der Waals surface area contributed by atoms with Crippen LogP contribution in [0.1, 0.15) is 23.6 Å². The Hall–Kier alpha value is -1.82. The molecule has 1 aliphatic heterocycles. The van der Waals surface area contributed by atoms with Crippen LogP contribution in [0.15, 0.2) is 35.4 Å². The molecule has 1 aromatic carbocycles. The highest BCUT2D eigenvalue weighted by Gasteiger charge is 2.23. The highest BCUT2D eigenvalue weighted by Crippen LogP contribution is 2.39. The summed E-state index contributed by atoms with van der Waals surface area (Å²) in [6.07, 6.45) is 2.39. The molecule has 1 aliphatic rings. The number of fused-ring (bicyclic) bond motifs is 1. The number of rotatable bonds is 5. The third kappa shape index (κ3) is 2.85. The SMILES string of the molecule is O=C(O)CCc1cn(CC2CSc3ccccc32)nn1. The van der Waals surface area contributed by atoms with Gasteiger partial charge in [0.2, 0.25) is 0 Å². The van der Waals surface area contributed by atoms with Gasteiger partial charge >= 0.3 is 5.97 Å². The van der Waals surface area contributed by atoms with Crippen LogP contribution in [0.4, 0.5) is 0 Å². The van der Waals surface area contributed by atoms with Gasteiger partial charge in [-0.15, -0.1) is 16.9 Å². The molecule has 0 amide bonds. The van der Waals surface area contributed by atoms with Crippen molar-refractivity contribution < 1.29 is 9.90 Å². The second-order valence-corrected chi connectivity index (χ2v) is 5.93. The van der Waals surface area contributed by atoms with E-state index >= 15 is 0 Å². The first-order chi connectivity index (χ1) is 9.72. The van der Waals surface area contributed by atoms with Crippen LogP contribution in [0.5, 0.6) is 0 Å². The Morgan fingerprint density at radius 2 is 2.30 bits per heavy atom. The van der Waals surface area contributed by atoms with Crippen molar-refractivity contribution in [2.75, 3.05) is 5.75 Å². The number of carboxylic acids is 1. The molecule has 20 heavy (non-hydrogen) atoms. The average molecular weight is 289 g/mol. The summed E-state index contributed by atoms with van der Waals surface area (Å²) in [5.74, 6) is 0.704. The third-order valence-corrected chi connectivity index (χ3v) is 4.64. The van der Waals surface area contributed by atoms with E-state index in [2.05, 4.69) is 34.6 Å². The minimum atomic E-state index is -0.805. The molecule has 0 saturated heterocycles. The quantitative estimate of drug-likeness (QED) is 0.913. The van der Waals surface area contributed by atoms with Crippen molar-refractivity contribution >= 4 is 17.7 Å². The molecule has 0 radical (unpaired) electrons. The molecule has 104 valence electrons. The van der Waals surface area contributed by atoms with Crippen molar-refractivity contribution in [2.45, 2.75) is 30.2 Å². The van der Waals surface area contributed by atoms with Crippen LogP contribution in [0, 0.1) is 0 Å². The van der Waals surface area contributed by atoms with E-state index in [4.69, 9.17) is 5.11 Å². The Morgan fingerprint density at radius 3 is 3.15 bits per heavy atom. The van der Waals surface area contributed by atoms with Gasteiger partial charge in [0, 0.05) is 29.2 Å². The predicted molar refractivity (Wildman–Crippen MR) is 75.9 cm³/mol. The number of thioether (sulfide) groups is 1. The molecule has 1 N–H and O–H groups in total.